The molecule has 0 fully saturated rings. The smallest absolute Gasteiger partial charge is 0.338 e. The Hall–Kier alpha value is -3.43. The summed E-state index contributed by atoms with van der Waals surface area (Å²) in [6.45, 7) is 5.43. The highest BCUT2D eigenvalue weighted by Crippen LogP contribution is 2.33. The van der Waals surface area contributed by atoms with Crippen LogP contribution in [0.5, 0.6) is 11.5 Å². The van der Waals surface area contributed by atoms with Crippen LogP contribution < -0.4 is 24.4 Å². The van der Waals surface area contributed by atoms with Gasteiger partial charge >= 0.3 is 5.97 Å². The van der Waals surface area contributed by atoms with Gasteiger partial charge in [-0.05, 0) is 42.1 Å². The van der Waals surface area contributed by atoms with E-state index < -0.39 is 12.0 Å². The highest BCUT2D eigenvalue weighted by Gasteiger charge is 2.33. The molecule has 0 saturated carbocycles. The lowest BCUT2D eigenvalue weighted by molar-refractivity contribution is -0.138. The molecule has 3 heterocycles. The number of methoxy groups -OCH3 is 2. The standard InChI is InChI=1S/C24H22N2O5S2/c1-5-10-31-23(28)20-14(2)25-24-26(21(20)18-7-6-11-32-18)22(27)19(33-24)13-15-8-9-16(29-3)17(12-15)30-4/h5-9,11-13,21H,1,10H2,2-4H3/b19-13-/t21-/m1/s1. The number of aromatic nitrogens is 1. The number of ether oxygens (including phenoxy) is 3. The first-order valence-corrected chi connectivity index (χ1v) is 11.7. The Morgan fingerprint density at radius 3 is 2.70 bits per heavy atom. The number of thiazole rings is 1. The second kappa shape index (κ2) is 9.60. The molecular formula is C24H22N2O5S2. The molecule has 0 spiro atoms. The average Bonchev–Trinajstić information content (AvgIpc) is 3.45. The first-order chi connectivity index (χ1) is 16.0. The fourth-order valence-corrected chi connectivity index (χ4v) is 5.48. The van der Waals surface area contributed by atoms with Gasteiger partial charge in [0.15, 0.2) is 16.3 Å². The molecule has 170 valence electrons. The van der Waals surface area contributed by atoms with Crippen molar-refractivity contribution in [3.63, 3.8) is 0 Å². The van der Waals surface area contributed by atoms with Crippen LogP contribution in [0, 0.1) is 0 Å². The predicted octanol–water partition coefficient (Wildman–Crippen LogP) is 3.04. The number of nitrogens with zero attached hydrogens (tertiary/aromatic N) is 2. The summed E-state index contributed by atoms with van der Waals surface area (Å²) in [5.41, 5.74) is 1.44. The second-order valence-corrected chi connectivity index (χ2v) is 9.09. The molecule has 0 saturated heterocycles. The summed E-state index contributed by atoms with van der Waals surface area (Å²) in [6, 6.07) is 8.62. The van der Waals surface area contributed by atoms with Crippen molar-refractivity contribution in [2.45, 2.75) is 13.0 Å². The van der Waals surface area contributed by atoms with Gasteiger partial charge in [0.1, 0.15) is 12.6 Å². The molecule has 9 heteroatoms. The van der Waals surface area contributed by atoms with Crippen LogP contribution in [0.2, 0.25) is 0 Å². The number of hydrogen-bond donors (Lipinski definition) is 0. The number of rotatable bonds is 7. The Labute approximate surface area is 198 Å². The number of carbonyl (C=O) groups is 1. The number of esters is 1. The zero-order valence-electron chi connectivity index (χ0n) is 18.4. The molecular weight excluding hydrogens is 460 g/mol. The SMILES string of the molecule is C=CCOC(=O)C1=C(C)N=c2s/c(=C\c3ccc(OC)c(OC)c3)c(=O)n2[C@@H]1c1cccs1. The average molecular weight is 483 g/mol. The highest BCUT2D eigenvalue weighted by molar-refractivity contribution is 7.10. The summed E-state index contributed by atoms with van der Waals surface area (Å²) in [6.07, 6.45) is 3.29. The number of thiophene rings is 1. The van der Waals surface area contributed by atoms with Crippen molar-refractivity contribution in [1.82, 2.24) is 4.57 Å². The van der Waals surface area contributed by atoms with Crippen molar-refractivity contribution < 1.29 is 19.0 Å². The quantitative estimate of drug-likeness (QED) is 0.382. The van der Waals surface area contributed by atoms with E-state index >= 15 is 0 Å². The van der Waals surface area contributed by atoms with Gasteiger partial charge in [-0.2, -0.15) is 0 Å². The van der Waals surface area contributed by atoms with Gasteiger partial charge < -0.3 is 14.2 Å². The van der Waals surface area contributed by atoms with Crippen LogP contribution in [-0.4, -0.2) is 31.4 Å². The fourth-order valence-electron chi connectivity index (χ4n) is 3.61. The minimum atomic E-state index is -0.605. The van der Waals surface area contributed by atoms with E-state index in [-0.39, 0.29) is 12.2 Å². The van der Waals surface area contributed by atoms with Crippen molar-refractivity contribution in [3.05, 3.63) is 89.8 Å². The van der Waals surface area contributed by atoms with E-state index in [1.165, 1.54) is 28.7 Å². The molecule has 3 aromatic rings. The summed E-state index contributed by atoms with van der Waals surface area (Å²) in [5, 5.41) is 1.91. The summed E-state index contributed by atoms with van der Waals surface area (Å²) in [4.78, 5) is 32.4. The van der Waals surface area contributed by atoms with Gasteiger partial charge in [-0.25, -0.2) is 9.79 Å². The Bertz CT molecular complexity index is 1410. The molecule has 0 unspecified atom stereocenters. The monoisotopic (exact) mass is 482 g/mol. The van der Waals surface area contributed by atoms with Crippen LogP contribution in [0.3, 0.4) is 0 Å². The third-order valence-corrected chi connectivity index (χ3v) is 7.00. The molecule has 1 aromatic carbocycles. The number of hydrogen-bond acceptors (Lipinski definition) is 8. The lowest BCUT2D eigenvalue weighted by atomic mass is 10.0. The number of fused-ring (bicyclic) bond motifs is 1. The molecule has 7 nitrogen and oxygen atoms in total. The topological polar surface area (TPSA) is 79.1 Å². The second-order valence-electron chi connectivity index (χ2n) is 7.10. The Morgan fingerprint density at radius 1 is 1.24 bits per heavy atom. The molecule has 4 rings (SSSR count). The van der Waals surface area contributed by atoms with Crippen LogP contribution in [0.1, 0.15) is 23.4 Å². The van der Waals surface area contributed by atoms with Gasteiger partial charge in [0.2, 0.25) is 0 Å². The molecule has 0 N–H and O–H groups in total. The third-order valence-electron chi connectivity index (χ3n) is 5.09. The molecule has 1 atom stereocenters. The molecule has 1 aliphatic rings. The van der Waals surface area contributed by atoms with Crippen molar-refractivity contribution in [2.75, 3.05) is 20.8 Å². The van der Waals surface area contributed by atoms with Gasteiger partial charge in [-0.3, -0.25) is 9.36 Å². The van der Waals surface area contributed by atoms with Crippen molar-refractivity contribution >= 4 is 34.7 Å². The largest absolute Gasteiger partial charge is 0.493 e. The van der Waals surface area contributed by atoms with E-state index in [1.54, 1.807) is 43.9 Å². The lowest BCUT2D eigenvalue weighted by Gasteiger charge is -2.23. The summed E-state index contributed by atoms with van der Waals surface area (Å²) >= 11 is 2.75. The van der Waals surface area contributed by atoms with E-state index in [2.05, 4.69) is 11.6 Å². The minimum Gasteiger partial charge on any atom is -0.493 e. The Kier molecular flexibility index (Phi) is 6.62. The van der Waals surface area contributed by atoms with E-state index in [9.17, 15) is 9.59 Å². The predicted molar refractivity (Wildman–Crippen MR) is 129 cm³/mol. The number of allylic oxidation sites excluding steroid dienone is 1. The molecule has 2 aromatic heterocycles. The number of benzene rings is 1. The first kappa shape index (κ1) is 22.8. The third kappa shape index (κ3) is 4.29. The van der Waals surface area contributed by atoms with E-state index in [0.717, 1.165) is 10.4 Å². The zero-order chi connectivity index (χ0) is 23.5. The van der Waals surface area contributed by atoms with E-state index in [4.69, 9.17) is 14.2 Å². The molecule has 0 amide bonds. The van der Waals surface area contributed by atoms with E-state index in [0.29, 0.717) is 32.1 Å². The molecule has 1 aliphatic heterocycles. The Balaban J connectivity index is 1.88. The van der Waals surface area contributed by atoms with Gasteiger partial charge in [-0.15, -0.1) is 11.3 Å². The maximum atomic E-state index is 13.5. The molecule has 0 aliphatic carbocycles. The zero-order valence-corrected chi connectivity index (χ0v) is 20.0. The first-order valence-electron chi connectivity index (χ1n) is 10.0. The number of carbonyl (C=O) groups excluding carboxylic acids is 1. The summed E-state index contributed by atoms with van der Waals surface area (Å²) in [7, 11) is 3.13. The lowest BCUT2D eigenvalue weighted by Crippen LogP contribution is -2.39. The van der Waals surface area contributed by atoms with Gasteiger partial charge in [0.05, 0.1) is 30.0 Å². The molecule has 0 bridgehead atoms. The van der Waals surface area contributed by atoms with Crippen LogP contribution in [0.15, 0.2) is 69.4 Å². The van der Waals surface area contributed by atoms with Gasteiger partial charge in [0.25, 0.3) is 5.56 Å². The minimum absolute atomic E-state index is 0.0799. The Morgan fingerprint density at radius 2 is 2.03 bits per heavy atom. The van der Waals surface area contributed by atoms with Crippen LogP contribution in [0.25, 0.3) is 6.08 Å². The summed E-state index contributed by atoms with van der Waals surface area (Å²) < 4.78 is 18.0. The van der Waals surface area contributed by atoms with Crippen molar-refractivity contribution in [3.8, 4) is 11.5 Å². The van der Waals surface area contributed by atoms with Crippen molar-refractivity contribution in [2.24, 2.45) is 4.99 Å². The molecule has 0 radical (unpaired) electrons. The van der Waals surface area contributed by atoms with Crippen molar-refractivity contribution in [1.29, 1.82) is 0 Å². The summed E-state index contributed by atoms with van der Waals surface area (Å²) in [5.74, 6) is 0.661. The van der Waals surface area contributed by atoms with Gasteiger partial charge in [-0.1, -0.05) is 36.1 Å². The molecule has 33 heavy (non-hydrogen) atoms. The van der Waals surface area contributed by atoms with Gasteiger partial charge in [0, 0.05) is 4.88 Å². The maximum Gasteiger partial charge on any atom is 0.338 e. The van der Waals surface area contributed by atoms with Crippen LogP contribution >= 0.6 is 22.7 Å². The van der Waals surface area contributed by atoms with Crippen LogP contribution in [0.4, 0.5) is 0 Å². The maximum absolute atomic E-state index is 13.5. The van der Waals surface area contributed by atoms with Crippen LogP contribution in [-0.2, 0) is 9.53 Å². The normalized spacial score (nSPS) is 15.6. The van der Waals surface area contributed by atoms with E-state index in [1.807, 2.05) is 23.6 Å². The fraction of sp³-hybridized carbons (Fsp3) is 0.208. The highest BCUT2D eigenvalue weighted by atomic mass is 32.1.